The van der Waals surface area contributed by atoms with Gasteiger partial charge in [-0.1, -0.05) is 284 Å². The highest BCUT2D eigenvalue weighted by Gasteiger charge is 2.12. The molecule has 14 heteroatoms. The number of hydrogen-bond acceptors (Lipinski definition) is 8. The Hall–Kier alpha value is -6.55. The Morgan fingerprint density at radius 3 is 0.990 bits per heavy atom. The first-order valence-electron chi connectivity index (χ1n) is 31.0. The molecule has 0 heterocycles. The van der Waals surface area contributed by atoms with E-state index < -0.39 is 7.12 Å². The monoisotopic (exact) mass is 1540 g/mol. The smallest absolute Gasteiger partial charge is 0.488 e. The lowest BCUT2D eigenvalue weighted by Crippen LogP contribution is -2.29. The van der Waals surface area contributed by atoms with Crippen LogP contribution < -0.4 is 5.46 Å². The van der Waals surface area contributed by atoms with Gasteiger partial charge in [0.1, 0.15) is 11.5 Å². The zero-order chi connectivity index (χ0) is 70.7. The Balaban J connectivity index is 0.000000186. The van der Waals surface area contributed by atoms with Crippen LogP contribution in [-0.2, 0) is 0 Å². The maximum absolute atomic E-state index is 10.2. The third-order valence-corrected chi connectivity index (χ3v) is 21.8. The number of hydrogen-bond donors (Lipinski definition) is 5. The summed E-state index contributed by atoms with van der Waals surface area (Å²) in [6.45, 7) is 23.2. The molecule has 0 radical (unpaired) electrons. The number of rotatable bonds is 9. The summed E-state index contributed by atoms with van der Waals surface area (Å²) in [6, 6.07) is 84.2. The summed E-state index contributed by atoms with van der Waals surface area (Å²) in [5.74, 6) is 0.428. The molecular weight excluding hydrogens is 1470 g/mol. The number of halogens is 5. The van der Waals surface area contributed by atoms with Gasteiger partial charge >= 0.3 is 7.12 Å². The van der Waals surface area contributed by atoms with Gasteiger partial charge in [0.05, 0.1) is 5.02 Å². The van der Waals surface area contributed by atoms with Crippen molar-refractivity contribution in [3.05, 3.63) is 340 Å². The first-order valence-corrected chi connectivity index (χ1v) is 36.7. The van der Waals surface area contributed by atoms with Crippen molar-refractivity contribution in [3.8, 4) is 33.8 Å². The van der Waals surface area contributed by atoms with Crippen molar-refractivity contribution < 1.29 is 20.3 Å². The average molecular weight is 1550 g/mol. The minimum atomic E-state index is -1.34. The summed E-state index contributed by atoms with van der Waals surface area (Å²) in [7, 11) is -1.34. The van der Waals surface area contributed by atoms with Crippen LogP contribution in [0.25, 0.3) is 22.3 Å². The second-order valence-electron chi connectivity index (χ2n) is 22.8. The molecule has 0 unspecified atom stereocenters. The standard InChI is InChI=1S/C21H20S.C20H18OS.C15H15ClS.C8H10S.C7H6BrCl.C6H7BO2.C6H4BrClO/c1-15-12-13-19(14-20(15)18-10-5-4-6-11-18)22-21-16(2)8-7-9-17(21)3;1-14-7-6-8-15(2)20(14)22-17-11-12-19(21)18(13-17)16-9-4-3-5-10-16;1-10-7-8-13(9-14(10)16)17-15-11(2)5-4-6-12(15)3;1-6-4-3-5-7(2)8(6)9;1-5-2-3-6(8)4-7(5)9;8-7(9)6-4-2-1-3-5-6;7-4-1-2-6(9)5(8)3-4/h4-14H,1-3H3;3-13,21H,1-2H3;4-9H,1-3H3;3-5,9H,1-2H3;2-4H,1H3;1-5,8-9H;1-3,9H. The summed E-state index contributed by atoms with van der Waals surface area (Å²) < 4.78 is 1.89. The zero-order valence-corrected chi connectivity index (χ0v) is 65.0. The molecule has 4 N–H and O–H groups in total. The third kappa shape index (κ3) is 25.9. The zero-order valence-electron chi connectivity index (χ0n) is 56.2. The molecule has 0 saturated heterocycles. The molecular formula is C83H80BBr2Cl3O4S4. The van der Waals surface area contributed by atoms with Crippen LogP contribution in [0.3, 0.4) is 0 Å². The minimum absolute atomic E-state index is 0.111. The predicted octanol–water partition coefficient (Wildman–Crippen LogP) is 25.9. The highest BCUT2D eigenvalue weighted by Crippen LogP contribution is 2.40. The average Bonchev–Trinajstić information content (AvgIpc) is 0.853. The van der Waals surface area contributed by atoms with E-state index in [2.05, 4.69) is 240 Å². The molecule has 4 nitrogen and oxygen atoms in total. The van der Waals surface area contributed by atoms with Crippen molar-refractivity contribution in [2.75, 3.05) is 0 Å². The van der Waals surface area contributed by atoms with E-state index in [1.807, 2.05) is 98.4 Å². The van der Waals surface area contributed by atoms with Crippen LogP contribution in [0.1, 0.15) is 61.2 Å². The first-order chi connectivity index (χ1) is 46.3. The van der Waals surface area contributed by atoms with Gasteiger partial charge in [0.2, 0.25) is 0 Å². The molecule has 0 saturated carbocycles. The minimum Gasteiger partial charge on any atom is -0.507 e. The van der Waals surface area contributed by atoms with Crippen LogP contribution in [0.15, 0.2) is 298 Å². The maximum atomic E-state index is 10.2. The quantitative estimate of drug-likeness (QED) is 0.0728. The van der Waals surface area contributed by atoms with E-state index in [1.165, 1.54) is 91.7 Å². The summed E-state index contributed by atoms with van der Waals surface area (Å²) in [4.78, 5) is 8.70. The van der Waals surface area contributed by atoms with E-state index in [4.69, 9.17) is 50.0 Å². The van der Waals surface area contributed by atoms with Crippen molar-refractivity contribution in [1.29, 1.82) is 0 Å². The number of aromatic hydroxyl groups is 2. The van der Waals surface area contributed by atoms with E-state index in [0.717, 1.165) is 51.0 Å². The number of benzene rings is 12. The van der Waals surface area contributed by atoms with Crippen molar-refractivity contribution in [1.82, 2.24) is 0 Å². The number of aryl methyl sites for hydroxylation is 11. The lowest BCUT2D eigenvalue weighted by Gasteiger charge is -2.12. The largest absolute Gasteiger partial charge is 0.507 e. The predicted molar refractivity (Wildman–Crippen MR) is 431 cm³/mol. The SMILES string of the molecule is Cc1ccc(Br)cc1Cl.Cc1ccc(Sc2c(C)cccc2C)cc1-c1ccccc1.Cc1ccc(Sc2c(C)cccc2C)cc1Cl.Cc1cccc(C)c1S.Cc1cccc(C)c1Sc1ccc(O)c(-c2ccccc2)c1.OB(O)c1ccccc1.Oc1ccc(Br)cc1Cl. The Morgan fingerprint density at radius 1 is 0.309 bits per heavy atom. The van der Waals surface area contributed by atoms with Crippen molar-refractivity contribution >= 4 is 127 Å². The number of phenolic OH excluding ortho intramolecular Hbond substituents is 2. The maximum Gasteiger partial charge on any atom is 0.488 e. The Bertz CT molecular complexity index is 4220. The fraction of sp³-hybridized carbons (Fsp3) is 0.133. The van der Waals surface area contributed by atoms with E-state index in [9.17, 15) is 5.11 Å². The molecule has 0 aromatic heterocycles. The Morgan fingerprint density at radius 2 is 0.629 bits per heavy atom. The summed E-state index contributed by atoms with van der Waals surface area (Å²) in [5.41, 5.74) is 18.9. The van der Waals surface area contributed by atoms with E-state index >= 15 is 0 Å². The summed E-state index contributed by atoms with van der Waals surface area (Å²) >= 11 is 33.7. The third-order valence-electron chi connectivity index (χ3n) is 15.0. The van der Waals surface area contributed by atoms with Gasteiger partial charge in [-0.15, -0.1) is 12.6 Å². The van der Waals surface area contributed by atoms with Crippen LogP contribution in [0, 0.1) is 76.2 Å². The molecule has 0 aliphatic carbocycles. The fourth-order valence-corrected chi connectivity index (χ4v) is 14.1. The van der Waals surface area contributed by atoms with Crippen LogP contribution in [0.2, 0.25) is 15.1 Å². The number of thiol groups is 1. The first kappa shape index (κ1) is 79.4. The molecule has 0 bridgehead atoms. The van der Waals surface area contributed by atoms with Gasteiger partial charge in [-0.3, -0.25) is 0 Å². The molecule has 498 valence electrons. The lowest BCUT2D eigenvalue weighted by atomic mass is 9.81. The van der Waals surface area contributed by atoms with Crippen molar-refractivity contribution in [3.63, 3.8) is 0 Å². The van der Waals surface area contributed by atoms with Crippen LogP contribution in [-0.4, -0.2) is 27.4 Å². The second-order valence-corrected chi connectivity index (χ2v) is 29.5. The van der Waals surface area contributed by atoms with Crippen molar-refractivity contribution in [2.45, 2.75) is 110 Å². The molecule has 0 aliphatic heterocycles. The topological polar surface area (TPSA) is 80.9 Å². The highest BCUT2D eigenvalue weighted by molar-refractivity contribution is 9.10. The lowest BCUT2D eigenvalue weighted by molar-refractivity contribution is 0.425. The van der Waals surface area contributed by atoms with Crippen LogP contribution in [0.5, 0.6) is 11.5 Å². The van der Waals surface area contributed by atoms with E-state index in [-0.39, 0.29) is 5.75 Å². The molecule has 0 aliphatic rings. The molecule has 12 rings (SSSR count). The molecule has 0 atom stereocenters. The molecule has 0 fully saturated rings. The summed E-state index contributed by atoms with van der Waals surface area (Å²) in [5, 5.41) is 38.2. The second kappa shape index (κ2) is 40.5. The molecule has 97 heavy (non-hydrogen) atoms. The Labute approximate surface area is 625 Å². The molecule has 0 spiro atoms. The highest BCUT2D eigenvalue weighted by atomic mass is 79.9. The van der Waals surface area contributed by atoms with Crippen LogP contribution >= 0.6 is 115 Å². The molecule has 0 amide bonds. The fourth-order valence-electron chi connectivity index (χ4n) is 9.37. The van der Waals surface area contributed by atoms with Gasteiger partial charge in [0.25, 0.3) is 0 Å². The van der Waals surface area contributed by atoms with Gasteiger partial charge in [-0.2, -0.15) is 0 Å². The van der Waals surface area contributed by atoms with E-state index in [0.29, 0.717) is 16.2 Å². The Kier molecular flexibility index (Phi) is 33.2. The van der Waals surface area contributed by atoms with Gasteiger partial charge in [-0.05, 0) is 232 Å². The summed E-state index contributed by atoms with van der Waals surface area (Å²) in [6.07, 6.45) is 0. The van der Waals surface area contributed by atoms with Gasteiger partial charge < -0.3 is 20.3 Å². The van der Waals surface area contributed by atoms with Gasteiger partial charge in [-0.25, -0.2) is 0 Å². The van der Waals surface area contributed by atoms with Crippen molar-refractivity contribution in [2.24, 2.45) is 0 Å². The van der Waals surface area contributed by atoms with Gasteiger partial charge in [0.15, 0.2) is 0 Å². The van der Waals surface area contributed by atoms with Crippen LogP contribution in [0.4, 0.5) is 0 Å². The normalized spacial score (nSPS) is 10.2. The number of phenols is 2. The van der Waals surface area contributed by atoms with Gasteiger partial charge in [0, 0.05) is 58.8 Å². The molecule has 12 aromatic carbocycles. The van der Waals surface area contributed by atoms with E-state index in [1.54, 1.807) is 66.0 Å². The molecule has 12 aromatic rings.